The number of hydrazone groups is 1. The second-order valence-corrected chi connectivity index (χ2v) is 7.59. The van der Waals surface area contributed by atoms with Crippen LogP contribution in [0.1, 0.15) is 32.6 Å². The summed E-state index contributed by atoms with van der Waals surface area (Å²) in [5, 5.41) is 6.39. The number of hydrogen-bond acceptors (Lipinski definition) is 6. The van der Waals surface area contributed by atoms with Crippen molar-refractivity contribution in [3.05, 3.63) is 88.5 Å². The van der Waals surface area contributed by atoms with Crippen molar-refractivity contribution >= 4 is 29.7 Å². The highest BCUT2D eigenvalue weighted by atomic mass is 16.6. The van der Waals surface area contributed by atoms with Gasteiger partial charge in [-0.1, -0.05) is 30.3 Å². The summed E-state index contributed by atoms with van der Waals surface area (Å²) in [6.45, 7) is 5.55. The number of carbonyl (C=O) groups is 3. The first-order chi connectivity index (χ1) is 16.3. The molecule has 2 amide bonds. The molecule has 0 saturated heterocycles. The van der Waals surface area contributed by atoms with Crippen molar-refractivity contribution in [2.45, 2.75) is 20.8 Å². The van der Waals surface area contributed by atoms with Crippen LogP contribution in [0.4, 0.5) is 5.69 Å². The third-order valence-electron chi connectivity index (χ3n) is 4.98. The Kier molecular flexibility index (Phi) is 7.76. The number of benzene rings is 3. The van der Waals surface area contributed by atoms with Gasteiger partial charge in [-0.05, 0) is 73.4 Å². The number of amides is 2. The number of aryl methyl sites for hydroxylation is 3. The lowest BCUT2D eigenvalue weighted by Crippen LogP contribution is -2.32. The van der Waals surface area contributed by atoms with E-state index in [1.54, 1.807) is 36.4 Å². The molecule has 0 unspecified atom stereocenters. The predicted molar refractivity (Wildman–Crippen MR) is 129 cm³/mol. The van der Waals surface area contributed by atoms with Crippen molar-refractivity contribution < 1.29 is 23.9 Å². The summed E-state index contributed by atoms with van der Waals surface area (Å²) in [6, 6.07) is 17.4. The van der Waals surface area contributed by atoms with E-state index in [4.69, 9.17) is 9.47 Å². The molecule has 3 aromatic carbocycles. The molecule has 0 aliphatic rings. The topological polar surface area (TPSA) is 106 Å². The fourth-order valence-electron chi connectivity index (χ4n) is 3.07. The average molecular weight is 460 g/mol. The lowest BCUT2D eigenvalue weighted by Gasteiger charge is -2.11. The van der Waals surface area contributed by atoms with Crippen LogP contribution in [0.2, 0.25) is 0 Å². The maximum Gasteiger partial charge on any atom is 0.343 e. The predicted octanol–water partition coefficient (Wildman–Crippen LogP) is 3.93. The molecule has 0 aliphatic carbocycles. The monoisotopic (exact) mass is 459 g/mol. The van der Waals surface area contributed by atoms with Crippen LogP contribution in [0.25, 0.3) is 0 Å². The Balaban J connectivity index is 1.63. The van der Waals surface area contributed by atoms with Gasteiger partial charge in [0.05, 0.1) is 18.9 Å². The molecule has 34 heavy (non-hydrogen) atoms. The third kappa shape index (κ3) is 6.07. The SMILES string of the molecule is COc1cc(/C=N/NC(=O)C(=O)Nc2cc(C)ccc2C)ccc1OC(=O)c1ccccc1C. The Morgan fingerprint density at radius 3 is 2.35 bits per heavy atom. The Morgan fingerprint density at radius 2 is 1.62 bits per heavy atom. The van der Waals surface area contributed by atoms with E-state index >= 15 is 0 Å². The number of carbonyl (C=O) groups excluding carboxylic acids is 3. The Hall–Kier alpha value is -4.46. The van der Waals surface area contributed by atoms with Gasteiger partial charge in [-0.2, -0.15) is 5.10 Å². The second kappa shape index (κ2) is 10.9. The lowest BCUT2D eigenvalue weighted by molar-refractivity contribution is -0.136. The summed E-state index contributed by atoms with van der Waals surface area (Å²) in [7, 11) is 1.45. The Labute approximate surface area is 197 Å². The molecule has 3 rings (SSSR count). The minimum atomic E-state index is -0.909. The van der Waals surface area contributed by atoms with Crippen LogP contribution < -0.4 is 20.2 Å². The van der Waals surface area contributed by atoms with Crippen molar-refractivity contribution in [2.75, 3.05) is 12.4 Å². The Bertz CT molecular complexity index is 1270. The number of rotatable bonds is 6. The van der Waals surface area contributed by atoms with E-state index in [0.717, 1.165) is 16.7 Å². The number of esters is 1. The fraction of sp³-hybridized carbons (Fsp3) is 0.154. The van der Waals surface area contributed by atoms with Crippen molar-refractivity contribution in [2.24, 2.45) is 5.10 Å². The molecule has 0 saturated carbocycles. The molecule has 3 aromatic rings. The van der Waals surface area contributed by atoms with Crippen LogP contribution in [-0.4, -0.2) is 31.1 Å². The van der Waals surface area contributed by atoms with Gasteiger partial charge < -0.3 is 14.8 Å². The van der Waals surface area contributed by atoms with Gasteiger partial charge in [-0.15, -0.1) is 0 Å². The molecule has 0 aromatic heterocycles. The van der Waals surface area contributed by atoms with Crippen LogP contribution in [-0.2, 0) is 9.59 Å². The van der Waals surface area contributed by atoms with Crippen molar-refractivity contribution in [1.29, 1.82) is 0 Å². The zero-order chi connectivity index (χ0) is 24.7. The molecule has 0 aliphatic heterocycles. The molecule has 0 atom stereocenters. The van der Waals surface area contributed by atoms with Gasteiger partial charge >= 0.3 is 17.8 Å². The van der Waals surface area contributed by atoms with Gasteiger partial charge in [0.15, 0.2) is 11.5 Å². The molecular formula is C26H25N3O5. The van der Waals surface area contributed by atoms with Crippen LogP contribution >= 0.6 is 0 Å². The number of ether oxygens (including phenoxy) is 2. The number of nitrogens with zero attached hydrogens (tertiary/aromatic N) is 1. The quantitative estimate of drug-likeness (QED) is 0.191. The van der Waals surface area contributed by atoms with Crippen LogP contribution in [0.5, 0.6) is 11.5 Å². The highest BCUT2D eigenvalue weighted by Gasteiger charge is 2.16. The summed E-state index contributed by atoms with van der Waals surface area (Å²) >= 11 is 0. The molecule has 174 valence electrons. The third-order valence-corrected chi connectivity index (χ3v) is 4.98. The van der Waals surface area contributed by atoms with Gasteiger partial charge in [0.1, 0.15) is 0 Å². The Morgan fingerprint density at radius 1 is 0.853 bits per heavy atom. The van der Waals surface area contributed by atoms with Crippen molar-refractivity contribution in [3.8, 4) is 11.5 Å². The first-order valence-electron chi connectivity index (χ1n) is 10.5. The largest absolute Gasteiger partial charge is 0.493 e. The average Bonchev–Trinajstić information content (AvgIpc) is 2.82. The minimum Gasteiger partial charge on any atom is -0.493 e. The smallest absolute Gasteiger partial charge is 0.343 e. The van der Waals surface area contributed by atoms with Gasteiger partial charge in [0, 0.05) is 5.69 Å². The number of hydrogen-bond donors (Lipinski definition) is 2. The standard InChI is InChI=1S/C26H25N3O5/c1-16-9-10-18(3)21(13-16)28-24(30)25(31)29-27-15-19-11-12-22(23(14-19)33-4)34-26(32)20-8-6-5-7-17(20)2/h5-15H,1-4H3,(H,28,30)(H,29,31)/b27-15+. The summed E-state index contributed by atoms with van der Waals surface area (Å²) < 4.78 is 10.8. The second-order valence-electron chi connectivity index (χ2n) is 7.59. The molecular weight excluding hydrogens is 434 g/mol. The molecule has 2 N–H and O–H groups in total. The highest BCUT2D eigenvalue weighted by Crippen LogP contribution is 2.28. The minimum absolute atomic E-state index is 0.241. The summed E-state index contributed by atoms with van der Waals surface area (Å²) in [5.74, 6) is -1.69. The fourth-order valence-corrected chi connectivity index (χ4v) is 3.07. The van der Waals surface area contributed by atoms with E-state index < -0.39 is 17.8 Å². The number of anilines is 1. The van der Waals surface area contributed by atoms with Crippen molar-refractivity contribution in [3.63, 3.8) is 0 Å². The van der Waals surface area contributed by atoms with Crippen LogP contribution in [0.3, 0.4) is 0 Å². The van der Waals surface area contributed by atoms with Gasteiger partial charge in [0.2, 0.25) is 0 Å². The zero-order valence-corrected chi connectivity index (χ0v) is 19.3. The number of methoxy groups -OCH3 is 1. The van der Waals surface area contributed by atoms with Gasteiger partial charge in [0.25, 0.3) is 0 Å². The zero-order valence-electron chi connectivity index (χ0n) is 19.3. The van der Waals surface area contributed by atoms with E-state index in [2.05, 4.69) is 15.8 Å². The normalized spacial score (nSPS) is 10.6. The molecule has 0 bridgehead atoms. The first kappa shape index (κ1) is 24.2. The van der Waals surface area contributed by atoms with E-state index in [1.165, 1.54) is 13.3 Å². The molecule has 8 heteroatoms. The summed E-state index contributed by atoms with van der Waals surface area (Å²) in [4.78, 5) is 36.7. The molecule has 0 fully saturated rings. The van der Waals surface area contributed by atoms with Crippen LogP contribution in [0, 0.1) is 20.8 Å². The maximum atomic E-state index is 12.5. The molecule has 0 spiro atoms. The first-order valence-corrected chi connectivity index (χ1v) is 10.5. The summed E-state index contributed by atoms with van der Waals surface area (Å²) in [6.07, 6.45) is 1.35. The van der Waals surface area contributed by atoms with Gasteiger partial charge in [-0.3, -0.25) is 9.59 Å². The van der Waals surface area contributed by atoms with E-state index in [1.807, 2.05) is 45.0 Å². The van der Waals surface area contributed by atoms with Crippen molar-refractivity contribution in [1.82, 2.24) is 5.43 Å². The molecule has 0 heterocycles. The highest BCUT2D eigenvalue weighted by molar-refractivity contribution is 6.39. The van der Waals surface area contributed by atoms with Crippen LogP contribution in [0.15, 0.2) is 65.8 Å². The summed E-state index contributed by atoms with van der Waals surface area (Å²) in [5.41, 5.74) is 6.36. The molecule has 0 radical (unpaired) electrons. The lowest BCUT2D eigenvalue weighted by atomic mass is 10.1. The maximum absolute atomic E-state index is 12.5. The van der Waals surface area contributed by atoms with E-state index in [0.29, 0.717) is 22.6 Å². The molecule has 8 nitrogen and oxygen atoms in total. The number of nitrogens with one attached hydrogen (secondary N) is 2. The van der Waals surface area contributed by atoms with E-state index in [-0.39, 0.29) is 5.75 Å². The van der Waals surface area contributed by atoms with E-state index in [9.17, 15) is 14.4 Å². The van der Waals surface area contributed by atoms with Gasteiger partial charge in [-0.25, -0.2) is 10.2 Å².